The minimum absolute atomic E-state index is 0.0376. The van der Waals surface area contributed by atoms with Crippen LogP contribution in [0.15, 0.2) is 35.7 Å². The summed E-state index contributed by atoms with van der Waals surface area (Å²) >= 11 is 1.72. The van der Waals surface area contributed by atoms with Crippen LogP contribution in [-0.2, 0) is 11.3 Å². The van der Waals surface area contributed by atoms with E-state index in [-0.39, 0.29) is 11.8 Å². The molecule has 0 radical (unpaired) electrons. The number of aryl methyl sites for hydroxylation is 1. The van der Waals surface area contributed by atoms with Gasteiger partial charge in [0.2, 0.25) is 0 Å². The zero-order chi connectivity index (χ0) is 16.8. The minimum atomic E-state index is -0.140. The van der Waals surface area contributed by atoms with E-state index in [4.69, 9.17) is 0 Å². The number of quaternary nitrogens is 1. The van der Waals surface area contributed by atoms with Crippen LogP contribution in [0.1, 0.15) is 20.8 Å². The molecule has 0 saturated carbocycles. The Balaban J connectivity index is 1.86. The lowest BCUT2D eigenvalue weighted by atomic mass is 10.2. The molecule has 2 amide bonds. The average Bonchev–Trinajstić information content (AvgIpc) is 2.92. The van der Waals surface area contributed by atoms with Gasteiger partial charge in [0.15, 0.2) is 6.54 Å². The second kappa shape index (κ2) is 7.89. The Bertz CT molecular complexity index is 679. The molecule has 1 heterocycles. The number of amides is 2. The van der Waals surface area contributed by atoms with Gasteiger partial charge in [0.05, 0.1) is 11.9 Å². The van der Waals surface area contributed by atoms with E-state index in [0.717, 1.165) is 11.4 Å². The molecule has 3 N–H and O–H groups in total. The summed E-state index contributed by atoms with van der Waals surface area (Å²) in [5.41, 5.74) is 2.55. The van der Waals surface area contributed by atoms with Crippen LogP contribution in [0.5, 0.6) is 0 Å². The van der Waals surface area contributed by atoms with Gasteiger partial charge in [-0.3, -0.25) is 9.59 Å². The molecule has 0 fully saturated rings. The number of carbonyl (C=O) groups excluding carboxylic acids is 2. The first kappa shape index (κ1) is 17.2. The Kier molecular flexibility index (Phi) is 5.90. The van der Waals surface area contributed by atoms with Gasteiger partial charge >= 0.3 is 0 Å². The summed E-state index contributed by atoms with van der Waals surface area (Å²) in [5.74, 6) is -0.178. The second-order valence-electron chi connectivity index (χ2n) is 5.54. The Labute approximate surface area is 140 Å². The lowest BCUT2D eigenvalue weighted by Gasteiger charge is -2.13. The molecule has 23 heavy (non-hydrogen) atoms. The van der Waals surface area contributed by atoms with Crippen LogP contribution in [-0.4, -0.2) is 32.5 Å². The van der Waals surface area contributed by atoms with Gasteiger partial charge < -0.3 is 15.5 Å². The van der Waals surface area contributed by atoms with Crippen LogP contribution < -0.4 is 15.5 Å². The molecular weight excluding hydrogens is 310 g/mol. The minimum Gasteiger partial charge on any atom is -0.355 e. The smallest absolute Gasteiger partial charge is 0.279 e. The third-order valence-corrected chi connectivity index (χ3v) is 4.57. The molecular formula is C17H22N3O2S+. The summed E-state index contributed by atoms with van der Waals surface area (Å²) in [6, 6.07) is 8.96. The first-order valence-corrected chi connectivity index (χ1v) is 8.34. The monoisotopic (exact) mass is 332 g/mol. The number of hydrogen-bond acceptors (Lipinski definition) is 3. The van der Waals surface area contributed by atoms with E-state index in [0.29, 0.717) is 17.8 Å². The molecule has 2 aromatic rings. The lowest BCUT2D eigenvalue weighted by Crippen LogP contribution is -3.08. The van der Waals surface area contributed by atoms with Crippen molar-refractivity contribution < 1.29 is 14.5 Å². The summed E-state index contributed by atoms with van der Waals surface area (Å²) in [7, 11) is 3.60. The highest BCUT2D eigenvalue weighted by atomic mass is 32.1. The maximum absolute atomic E-state index is 12.1. The van der Waals surface area contributed by atoms with Crippen molar-refractivity contribution in [3.63, 3.8) is 0 Å². The molecule has 2 rings (SSSR count). The number of benzene rings is 1. The summed E-state index contributed by atoms with van der Waals surface area (Å²) in [5, 5.41) is 7.50. The maximum atomic E-state index is 12.1. The third-order valence-electron chi connectivity index (χ3n) is 3.55. The summed E-state index contributed by atoms with van der Waals surface area (Å²) in [6.07, 6.45) is 0. The molecule has 0 bridgehead atoms. The summed E-state index contributed by atoms with van der Waals surface area (Å²) in [6.45, 7) is 3.33. The van der Waals surface area contributed by atoms with Crippen molar-refractivity contribution in [2.75, 3.05) is 26.0 Å². The molecule has 0 saturated heterocycles. The van der Waals surface area contributed by atoms with Crippen molar-refractivity contribution in [1.29, 1.82) is 0 Å². The highest BCUT2D eigenvalue weighted by Crippen LogP contribution is 2.13. The molecule has 1 aromatic heterocycles. The van der Waals surface area contributed by atoms with Crippen molar-refractivity contribution >= 4 is 28.8 Å². The van der Waals surface area contributed by atoms with Crippen LogP contribution in [0.3, 0.4) is 0 Å². The van der Waals surface area contributed by atoms with E-state index in [1.54, 1.807) is 42.6 Å². The second-order valence-corrected chi connectivity index (χ2v) is 6.54. The Morgan fingerprint density at radius 3 is 2.43 bits per heavy atom. The molecule has 5 nitrogen and oxygen atoms in total. The van der Waals surface area contributed by atoms with Gasteiger partial charge in [-0.25, -0.2) is 0 Å². The normalized spacial score (nSPS) is 11.8. The van der Waals surface area contributed by atoms with Crippen molar-refractivity contribution in [3.8, 4) is 0 Å². The highest BCUT2D eigenvalue weighted by molar-refractivity contribution is 7.10. The maximum Gasteiger partial charge on any atom is 0.279 e. The third kappa shape index (κ3) is 4.91. The topological polar surface area (TPSA) is 62.6 Å². The van der Waals surface area contributed by atoms with Gasteiger partial charge in [0, 0.05) is 18.3 Å². The molecule has 0 aliphatic carbocycles. The Morgan fingerprint density at radius 1 is 1.17 bits per heavy atom. The predicted octanol–water partition coefficient (Wildman–Crippen LogP) is 1.07. The Morgan fingerprint density at radius 2 is 1.87 bits per heavy atom. The fraction of sp³-hybridized carbons (Fsp3) is 0.294. The fourth-order valence-electron chi connectivity index (χ4n) is 2.25. The van der Waals surface area contributed by atoms with Gasteiger partial charge in [-0.1, -0.05) is 0 Å². The molecule has 6 heteroatoms. The largest absolute Gasteiger partial charge is 0.355 e. The van der Waals surface area contributed by atoms with Gasteiger partial charge in [-0.2, -0.15) is 0 Å². The predicted molar refractivity (Wildman–Crippen MR) is 93.0 cm³/mol. The van der Waals surface area contributed by atoms with E-state index >= 15 is 0 Å². The molecule has 1 unspecified atom stereocenters. The molecule has 122 valence electrons. The van der Waals surface area contributed by atoms with E-state index in [1.165, 1.54) is 10.4 Å². The van der Waals surface area contributed by atoms with Gasteiger partial charge in [-0.05, 0) is 48.2 Å². The van der Waals surface area contributed by atoms with Gasteiger partial charge in [-0.15, -0.1) is 11.3 Å². The fourth-order valence-corrected chi connectivity index (χ4v) is 3.27. The zero-order valence-electron chi connectivity index (χ0n) is 13.6. The molecule has 1 atom stereocenters. The van der Waals surface area contributed by atoms with E-state index in [1.807, 2.05) is 7.05 Å². The summed E-state index contributed by atoms with van der Waals surface area (Å²) in [4.78, 5) is 26.0. The first-order valence-electron chi connectivity index (χ1n) is 7.46. The quantitative estimate of drug-likeness (QED) is 0.741. The lowest BCUT2D eigenvalue weighted by molar-refractivity contribution is -0.884. The zero-order valence-corrected chi connectivity index (χ0v) is 14.4. The van der Waals surface area contributed by atoms with E-state index in [9.17, 15) is 9.59 Å². The molecule has 1 aromatic carbocycles. The first-order chi connectivity index (χ1) is 11.0. The molecule has 0 spiro atoms. The Hall–Kier alpha value is -2.18. The van der Waals surface area contributed by atoms with Gasteiger partial charge in [0.1, 0.15) is 6.54 Å². The summed E-state index contributed by atoms with van der Waals surface area (Å²) < 4.78 is 0. The standard InChI is InChI=1S/C17H21N3O2S/c1-12-8-9-23-15(12)10-20(3)11-16(21)19-14-6-4-13(5-7-14)17(22)18-2/h4-9H,10-11H2,1-3H3,(H,18,22)(H,19,21)/p+1. The van der Waals surface area contributed by atoms with Crippen LogP contribution in [0.25, 0.3) is 0 Å². The number of likely N-dealkylation sites (N-methyl/N-ethyl adjacent to an activating group) is 1. The number of nitrogens with one attached hydrogen (secondary N) is 3. The highest BCUT2D eigenvalue weighted by Gasteiger charge is 2.13. The van der Waals surface area contributed by atoms with Crippen LogP contribution in [0.2, 0.25) is 0 Å². The van der Waals surface area contributed by atoms with Crippen LogP contribution in [0, 0.1) is 6.92 Å². The molecule has 0 aliphatic heterocycles. The number of carbonyl (C=O) groups is 2. The van der Waals surface area contributed by atoms with E-state index in [2.05, 4.69) is 29.0 Å². The van der Waals surface area contributed by atoms with Crippen molar-refractivity contribution in [2.24, 2.45) is 0 Å². The van der Waals surface area contributed by atoms with Crippen molar-refractivity contribution in [3.05, 3.63) is 51.7 Å². The van der Waals surface area contributed by atoms with Crippen LogP contribution >= 0.6 is 11.3 Å². The number of hydrogen-bond donors (Lipinski definition) is 3. The average molecular weight is 332 g/mol. The van der Waals surface area contributed by atoms with Crippen LogP contribution in [0.4, 0.5) is 5.69 Å². The number of thiophene rings is 1. The number of rotatable bonds is 6. The van der Waals surface area contributed by atoms with Crippen molar-refractivity contribution in [1.82, 2.24) is 5.32 Å². The number of anilines is 1. The van der Waals surface area contributed by atoms with Gasteiger partial charge in [0.25, 0.3) is 11.8 Å². The van der Waals surface area contributed by atoms with Crippen molar-refractivity contribution in [2.45, 2.75) is 13.5 Å². The SMILES string of the molecule is CNC(=O)c1ccc(NC(=O)C[NH+](C)Cc2sccc2C)cc1. The molecule has 0 aliphatic rings. The van der Waals surface area contributed by atoms with E-state index < -0.39 is 0 Å².